The summed E-state index contributed by atoms with van der Waals surface area (Å²) in [6, 6.07) is 8.98. The molecule has 6 heteroatoms. The number of rotatable bonds is 2. The summed E-state index contributed by atoms with van der Waals surface area (Å²) >= 11 is 0. The van der Waals surface area contributed by atoms with Gasteiger partial charge in [-0.25, -0.2) is 15.2 Å². The lowest BCUT2D eigenvalue weighted by atomic mass is 10.1. The predicted molar refractivity (Wildman–Crippen MR) is 73.8 cm³/mol. The van der Waals surface area contributed by atoms with Crippen LogP contribution in [0.15, 0.2) is 36.5 Å². The van der Waals surface area contributed by atoms with E-state index >= 15 is 0 Å². The molecule has 0 saturated heterocycles. The number of carbonyl (C=O) groups is 1. The molecule has 0 aliphatic carbocycles. The fraction of sp³-hybridized carbons (Fsp3) is 0.143. The number of aromatic nitrogens is 1. The predicted octanol–water partition coefficient (Wildman–Crippen LogP) is 1.71. The van der Waals surface area contributed by atoms with E-state index in [0.717, 1.165) is 17.7 Å². The van der Waals surface area contributed by atoms with Gasteiger partial charge in [-0.05, 0) is 24.1 Å². The van der Waals surface area contributed by atoms with Gasteiger partial charge in [-0.3, -0.25) is 4.79 Å². The Morgan fingerprint density at radius 2 is 2.15 bits per heavy atom. The molecule has 0 fully saturated rings. The minimum atomic E-state index is -0.732. The van der Waals surface area contributed by atoms with Gasteiger partial charge in [0.15, 0.2) is 11.6 Å². The third kappa shape index (κ3) is 1.90. The van der Waals surface area contributed by atoms with Crippen molar-refractivity contribution in [3.63, 3.8) is 0 Å². The Morgan fingerprint density at radius 1 is 1.35 bits per heavy atom. The average molecular weight is 272 g/mol. The first-order chi connectivity index (χ1) is 9.72. The van der Waals surface area contributed by atoms with Crippen LogP contribution in [0.4, 0.5) is 15.9 Å². The van der Waals surface area contributed by atoms with Gasteiger partial charge in [-0.1, -0.05) is 18.2 Å². The molecule has 1 amide bonds. The largest absolute Gasteiger partial charge is 0.308 e. The number of para-hydroxylation sites is 1. The Hall–Kier alpha value is -2.47. The number of nitrogens with two attached hydrogens (primary N) is 1. The van der Waals surface area contributed by atoms with E-state index in [1.165, 1.54) is 12.3 Å². The zero-order valence-electron chi connectivity index (χ0n) is 10.6. The van der Waals surface area contributed by atoms with Crippen LogP contribution in [0.1, 0.15) is 15.9 Å². The van der Waals surface area contributed by atoms with E-state index in [-0.39, 0.29) is 17.3 Å². The normalized spacial score (nSPS) is 13.2. The lowest BCUT2D eigenvalue weighted by Gasteiger charge is -2.18. The van der Waals surface area contributed by atoms with Gasteiger partial charge in [-0.2, -0.15) is 0 Å². The number of amides is 1. The second-order valence-electron chi connectivity index (χ2n) is 4.50. The molecule has 5 nitrogen and oxygen atoms in total. The molecule has 1 aromatic heterocycles. The van der Waals surface area contributed by atoms with Crippen molar-refractivity contribution in [1.82, 2.24) is 4.98 Å². The van der Waals surface area contributed by atoms with Gasteiger partial charge >= 0.3 is 0 Å². The second-order valence-corrected chi connectivity index (χ2v) is 4.50. The number of pyridine rings is 1. The van der Waals surface area contributed by atoms with E-state index in [0.29, 0.717) is 6.54 Å². The van der Waals surface area contributed by atoms with E-state index < -0.39 is 5.82 Å². The van der Waals surface area contributed by atoms with Crippen LogP contribution in [0.3, 0.4) is 0 Å². The summed E-state index contributed by atoms with van der Waals surface area (Å²) < 4.78 is 14.1. The van der Waals surface area contributed by atoms with Crippen molar-refractivity contribution in [3.8, 4) is 0 Å². The first-order valence-electron chi connectivity index (χ1n) is 6.23. The number of fused-ring (bicyclic) bond motifs is 1. The summed E-state index contributed by atoms with van der Waals surface area (Å²) in [5.74, 6) is 3.92. The Kier molecular flexibility index (Phi) is 3.08. The van der Waals surface area contributed by atoms with Crippen LogP contribution in [-0.2, 0) is 6.42 Å². The van der Waals surface area contributed by atoms with E-state index in [4.69, 9.17) is 5.84 Å². The summed E-state index contributed by atoms with van der Waals surface area (Å²) in [6.45, 7) is 0.547. The molecule has 2 aromatic rings. The Bertz CT molecular complexity index is 674. The minimum absolute atomic E-state index is 0.0374. The van der Waals surface area contributed by atoms with Crippen LogP contribution in [0, 0.1) is 5.82 Å². The molecule has 20 heavy (non-hydrogen) atoms. The van der Waals surface area contributed by atoms with Crippen molar-refractivity contribution in [2.45, 2.75) is 6.42 Å². The number of nitrogens with zero attached hydrogens (tertiary/aromatic N) is 2. The fourth-order valence-corrected chi connectivity index (χ4v) is 2.40. The molecule has 1 aliphatic heterocycles. The SMILES string of the molecule is NNc1nccc(C(=O)N2CCc3ccccc32)c1F. The molecule has 2 heterocycles. The van der Waals surface area contributed by atoms with E-state index in [9.17, 15) is 9.18 Å². The summed E-state index contributed by atoms with van der Waals surface area (Å²) in [5, 5.41) is 0. The number of nitrogens with one attached hydrogen (secondary N) is 1. The third-order valence-electron chi connectivity index (χ3n) is 3.39. The van der Waals surface area contributed by atoms with Crippen molar-refractivity contribution in [3.05, 3.63) is 53.5 Å². The first-order valence-corrected chi connectivity index (χ1v) is 6.23. The number of hydrogen-bond acceptors (Lipinski definition) is 4. The maximum atomic E-state index is 14.1. The standard InChI is InChI=1S/C14H13FN4O/c15-12-10(5-7-17-13(12)18-16)14(20)19-8-6-9-3-1-2-4-11(9)19/h1-5,7H,6,8,16H2,(H,17,18). The summed E-state index contributed by atoms with van der Waals surface area (Å²) in [4.78, 5) is 17.8. The van der Waals surface area contributed by atoms with Crippen LogP contribution in [0.5, 0.6) is 0 Å². The maximum Gasteiger partial charge on any atom is 0.261 e. The van der Waals surface area contributed by atoms with Gasteiger partial charge in [0.1, 0.15) is 0 Å². The maximum absolute atomic E-state index is 14.1. The van der Waals surface area contributed by atoms with Crippen molar-refractivity contribution in [2.75, 3.05) is 16.9 Å². The van der Waals surface area contributed by atoms with Crippen LogP contribution in [0.2, 0.25) is 0 Å². The van der Waals surface area contributed by atoms with Crippen molar-refractivity contribution in [1.29, 1.82) is 0 Å². The number of carbonyl (C=O) groups excluding carboxylic acids is 1. The molecule has 3 N–H and O–H groups in total. The molecule has 0 unspecified atom stereocenters. The highest BCUT2D eigenvalue weighted by molar-refractivity contribution is 6.07. The summed E-state index contributed by atoms with van der Waals surface area (Å²) in [5.41, 5.74) is 4.03. The van der Waals surface area contributed by atoms with Crippen LogP contribution in [0.25, 0.3) is 0 Å². The molecule has 0 spiro atoms. The van der Waals surface area contributed by atoms with Gasteiger partial charge in [0.05, 0.1) is 5.56 Å². The number of nitrogen functional groups attached to an aromatic ring is 1. The van der Waals surface area contributed by atoms with E-state index in [1.807, 2.05) is 24.3 Å². The highest BCUT2D eigenvalue weighted by atomic mass is 19.1. The van der Waals surface area contributed by atoms with Gasteiger partial charge in [0.2, 0.25) is 0 Å². The van der Waals surface area contributed by atoms with Crippen molar-refractivity contribution < 1.29 is 9.18 Å². The van der Waals surface area contributed by atoms with Gasteiger partial charge in [0, 0.05) is 18.4 Å². The number of hydrazine groups is 1. The zero-order chi connectivity index (χ0) is 14.1. The minimum Gasteiger partial charge on any atom is -0.308 e. The molecule has 0 saturated carbocycles. The molecule has 1 aliphatic rings. The molecular formula is C14H13FN4O. The van der Waals surface area contributed by atoms with Gasteiger partial charge in [-0.15, -0.1) is 0 Å². The fourth-order valence-electron chi connectivity index (χ4n) is 2.40. The van der Waals surface area contributed by atoms with Gasteiger partial charge < -0.3 is 10.3 Å². The van der Waals surface area contributed by atoms with Crippen molar-refractivity contribution in [2.24, 2.45) is 5.84 Å². The molecular weight excluding hydrogens is 259 g/mol. The average Bonchev–Trinajstić information content (AvgIpc) is 2.91. The molecule has 3 rings (SSSR count). The van der Waals surface area contributed by atoms with E-state index in [1.54, 1.807) is 4.90 Å². The smallest absolute Gasteiger partial charge is 0.261 e. The summed E-state index contributed by atoms with van der Waals surface area (Å²) in [7, 11) is 0. The van der Waals surface area contributed by atoms with Crippen LogP contribution in [-0.4, -0.2) is 17.4 Å². The lowest BCUT2D eigenvalue weighted by molar-refractivity contribution is 0.0985. The summed E-state index contributed by atoms with van der Waals surface area (Å²) in [6.07, 6.45) is 2.13. The number of halogens is 1. The van der Waals surface area contributed by atoms with Crippen LogP contribution >= 0.6 is 0 Å². The first kappa shape index (κ1) is 12.6. The molecule has 102 valence electrons. The van der Waals surface area contributed by atoms with Crippen molar-refractivity contribution >= 4 is 17.4 Å². The Morgan fingerprint density at radius 3 is 2.95 bits per heavy atom. The van der Waals surface area contributed by atoms with E-state index in [2.05, 4.69) is 10.4 Å². The number of anilines is 2. The monoisotopic (exact) mass is 272 g/mol. The Labute approximate surface area is 115 Å². The van der Waals surface area contributed by atoms with Crippen LogP contribution < -0.4 is 16.2 Å². The lowest BCUT2D eigenvalue weighted by Crippen LogP contribution is -2.30. The quantitative estimate of drug-likeness (QED) is 0.645. The molecule has 1 aromatic carbocycles. The van der Waals surface area contributed by atoms with Gasteiger partial charge in [0.25, 0.3) is 5.91 Å². The zero-order valence-corrected chi connectivity index (χ0v) is 10.6. The third-order valence-corrected chi connectivity index (χ3v) is 3.39. The topological polar surface area (TPSA) is 71.2 Å². The highest BCUT2D eigenvalue weighted by Crippen LogP contribution is 2.29. The number of benzene rings is 1. The molecule has 0 bridgehead atoms. The molecule has 0 radical (unpaired) electrons. The number of hydrogen-bond donors (Lipinski definition) is 2. The molecule has 0 atom stereocenters. The second kappa shape index (κ2) is 4.90. The highest BCUT2D eigenvalue weighted by Gasteiger charge is 2.27. The Balaban J connectivity index is 1.99.